The summed E-state index contributed by atoms with van der Waals surface area (Å²) in [5.41, 5.74) is 0.611. The molecule has 0 N–H and O–H groups in total. The second kappa shape index (κ2) is 12.9. The first-order valence-electron chi connectivity index (χ1n) is 10.4. The summed E-state index contributed by atoms with van der Waals surface area (Å²) < 4.78 is 12.2. The fourth-order valence-corrected chi connectivity index (χ4v) is 3.25. The number of hydrogen-bond acceptors (Lipinski definition) is 6. The number of ether oxygens (including phenoxy) is 2. The molecule has 0 bridgehead atoms. The first kappa shape index (κ1) is 22.8. The lowest BCUT2D eigenvalue weighted by atomic mass is 10.1. The molecule has 2 heterocycles. The fraction of sp³-hybridized carbons (Fsp3) is 0.619. The summed E-state index contributed by atoms with van der Waals surface area (Å²) >= 11 is 0. The Labute approximate surface area is 173 Å². The van der Waals surface area contributed by atoms with Crippen LogP contribution in [0.4, 0.5) is 10.6 Å². The van der Waals surface area contributed by atoms with Gasteiger partial charge in [-0.2, -0.15) is 0 Å². The Bertz CT molecular complexity index is 721. The van der Waals surface area contributed by atoms with E-state index in [-0.39, 0.29) is 12.6 Å². The number of imidazole rings is 1. The molecular weight excluding hydrogens is 370 g/mol. The van der Waals surface area contributed by atoms with E-state index in [0.717, 1.165) is 12.8 Å². The molecule has 160 valence electrons. The lowest BCUT2D eigenvalue weighted by Crippen LogP contribution is -2.36. The van der Waals surface area contributed by atoms with Gasteiger partial charge in [0.05, 0.1) is 13.7 Å². The van der Waals surface area contributed by atoms with E-state index in [4.69, 9.17) is 9.47 Å². The highest BCUT2D eigenvalue weighted by molar-refractivity contribution is 5.94. The van der Waals surface area contributed by atoms with Gasteiger partial charge in [-0.25, -0.2) is 19.7 Å². The molecule has 0 unspecified atom stereocenters. The third-order valence-corrected chi connectivity index (χ3v) is 4.79. The van der Waals surface area contributed by atoms with Crippen LogP contribution in [0.5, 0.6) is 5.75 Å². The van der Waals surface area contributed by atoms with Crippen molar-refractivity contribution >= 4 is 11.8 Å². The Morgan fingerprint density at radius 3 is 2.41 bits per heavy atom. The summed E-state index contributed by atoms with van der Waals surface area (Å²) in [6.45, 7) is 3.06. The van der Waals surface area contributed by atoms with Crippen LogP contribution in [0.2, 0.25) is 0 Å². The van der Waals surface area contributed by atoms with Crippen molar-refractivity contribution in [2.75, 3.05) is 25.7 Å². The van der Waals surface area contributed by atoms with E-state index in [1.54, 1.807) is 31.5 Å². The predicted octanol–water partition coefficient (Wildman–Crippen LogP) is 4.44. The molecule has 0 aromatic carbocycles. The molecule has 0 spiro atoms. The normalized spacial score (nSPS) is 10.9. The van der Waals surface area contributed by atoms with Crippen molar-refractivity contribution in [2.45, 2.75) is 64.9 Å². The minimum absolute atomic E-state index is 0.217. The number of unbranched alkanes of at least 4 members (excludes halogenated alkanes) is 7. The van der Waals surface area contributed by atoms with Crippen molar-refractivity contribution in [3.8, 4) is 5.75 Å². The molecule has 29 heavy (non-hydrogen) atoms. The summed E-state index contributed by atoms with van der Waals surface area (Å²) in [6.07, 6.45) is 15.7. The average molecular weight is 404 g/mol. The minimum Gasteiger partial charge on any atom is -0.491 e. The van der Waals surface area contributed by atoms with Gasteiger partial charge in [0.25, 0.3) is 0 Å². The molecule has 1 amide bonds. The van der Waals surface area contributed by atoms with Crippen LogP contribution in [0.1, 0.15) is 64.0 Å². The maximum Gasteiger partial charge on any atom is 0.335 e. The highest BCUT2D eigenvalue weighted by atomic mass is 16.5. The van der Waals surface area contributed by atoms with Crippen LogP contribution >= 0.6 is 0 Å². The van der Waals surface area contributed by atoms with Crippen LogP contribution in [0, 0.1) is 0 Å². The molecule has 0 aliphatic heterocycles. The summed E-state index contributed by atoms with van der Waals surface area (Å²) in [4.78, 5) is 27.3. The number of carbonyl (C=O) groups is 1. The van der Waals surface area contributed by atoms with Gasteiger partial charge < -0.3 is 9.47 Å². The Morgan fingerprint density at radius 1 is 1.07 bits per heavy atom. The van der Waals surface area contributed by atoms with E-state index in [2.05, 4.69) is 21.9 Å². The van der Waals surface area contributed by atoms with Crippen LogP contribution in [0.15, 0.2) is 25.0 Å². The quantitative estimate of drug-likeness (QED) is 0.460. The van der Waals surface area contributed by atoms with E-state index < -0.39 is 0 Å². The van der Waals surface area contributed by atoms with Crippen LogP contribution in [-0.4, -0.2) is 46.3 Å². The summed E-state index contributed by atoms with van der Waals surface area (Å²) in [6, 6.07) is -0.217. The third kappa shape index (κ3) is 6.81. The fourth-order valence-electron chi connectivity index (χ4n) is 3.25. The van der Waals surface area contributed by atoms with E-state index in [1.165, 1.54) is 55.7 Å². The molecule has 0 aliphatic carbocycles. The van der Waals surface area contributed by atoms with Crippen molar-refractivity contribution in [1.82, 2.24) is 19.5 Å². The van der Waals surface area contributed by atoms with Gasteiger partial charge in [0.2, 0.25) is 0 Å². The van der Waals surface area contributed by atoms with E-state index >= 15 is 0 Å². The Morgan fingerprint density at radius 2 is 1.79 bits per heavy atom. The second-order valence-electron chi connectivity index (χ2n) is 6.99. The van der Waals surface area contributed by atoms with Crippen molar-refractivity contribution in [3.63, 3.8) is 0 Å². The van der Waals surface area contributed by atoms with Gasteiger partial charge in [-0.05, 0) is 6.42 Å². The number of nitrogens with zero attached hydrogens (tertiary/aromatic N) is 5. The number of hydrogen-bond donors (Lipinski definition) is 0. The average Bonchev–Trinajstić information content (AvgIpc) is 3.27. The smallest absolute Gasteiger partial charge is 0.335 e. The first-order valence-corrected chi connectivity index (χ1v) is 10.4. The number of rotatable bonds is 13. The number of carbonyl (C=O) groups excluding carboxylic acids is 1. The summed E-state index contributed by atoms with van der Waals surface area (Å²) in [7, 11) is 3.15. The summed E-state index contributed by atoms with van der Waals surface area (Å²) in [5.74, 6) is 0.915. The van der Waals surface area contributed by atoms with Crippen LogP contribution < -0.4 is 9.64 Å². The molecule has 0 atom stereocenters. The standard InChI is InChI=1S/C21H33N5O3/c1-4-5-6-7-8-9-10-11-13-26(21(27)25-14-12-22-17-25)20-19(29-3)18(15-28-2)23-16-24-20/h12,14,16-17H,4-11,13,15H2,1-3H3. The second-order valence-corrected chi connectivity index (χ2v) is 6.99. The van der Waals surface area contributed by atoms with Crippen molar-refractivity contribution < 1.29 is 14.3 Å². The molecule has 0 saturated carbocycles. The topological polar surface area (TPSA) is 82.4 Å². The van der Waals surface area contributed by atoms with Crippen LogP contribution in [-0.2, 0) is 11.3 Å². The lowest BCUT2D eigenvalue weighted by Gasteiger charge is -2.24. The number of amides is 1. The molecule has 0 aliphatic rings. The monoisotopic (exact) mass is 403 g/mol. The molecule has 0 saturated heterocycles. The maximum absolute atomic E-state index is 13.1. The van der Waals surface area contributed by atoms with Gasteiger partial charge in [0.1, 0.15) is 18.3 Å². The van der Waals surface area contributed by atoms with Crippen LogP contribution in [0.3, 0.4) is 0 Å². The van der Waals surface area contributed by atoms with Gasteiger partial charge >= 0.3 is 6.03 Å². The minimum atomic E-state index is -0.217. The molecular formula is C21H33N5O3. The highest BCUT2D eigenvalue weighted by Gasteiger charge is 2.24. The number of methoxy groups -OCH3 is 2. The molecule has 8 nitrogen and oxygen atoms in total. The molecule has 0 fully saturated rings. The summed E-state index contributed by atoms with van der Waals surface area (Å²) in [5, 5.41) is 0. The maximum atomic E-state index is 13.1. The van der Waals surface area contributed by atoms with Crippen molar-refractivity contribution in [1.29, 1.82) is 0 Å². The predicted molar refractivity (Wildman–Crippen MR) is 112 cm³/mol. The molecule has 0 radical (unpaired) electrons. The van der Waals surface area contributed by atoms with E-state index in [9.17, 15) is 4.79 Å². The zero-order valence-electron chi connectivity index (χ0n) is 17.8. The van der Waals surface area contributed by atoms with Crippen molar-refractivity contribution in [2.24, 2.45) is 0 Å². The lowest BCUT2D eigenvalue weighted by molar-refractivity contribution is 0.177. The molecule has 2 aromatic heterocycles. The zero-order chi connectivity index (χ0) is 20.9. The van der Waals surface area contributed by atoms with Crippen LogP contribution in [0.25, 0.3) is 0 Å². The SMILES string of the molecule is CCCCCCCCCCN(C(=O)n1ccnc1)c1ncnc(COC)c1OC. The first-order chi connectivity index (χ1) is 14.2. The largest absolute Gasteiger partial charge is 0.491 e. The van der Waals surface area contributed by atoms with Gasteiger partial charge in [-0.15, -0.1) is 0 Å². The van der Waals surface area contributed by atoms with Gasteiger partial charge in [0.15, 0.2) is 11.6 Å². The van der Waals surface area contributed by atoms with Gasteiger partial charge in [-0.3, -0.25) is 9.47 Å². The van der Waals surface area contributed by atoms with Gasteiger partial charge in [0, 0.05) is 26.0 Å². The number of aromatic nitrogens is 4. The third-order valence-electron chi connectivity index (χ3n) is 4.79. The molecule has 2 aromatic rings. The zero-order valence-corrected chi connectivity index (χ0v) is 17.8. The Kier molecular flexibility index (Phi) is 10.1. The molecule has 8 heteroatoms. The highest BCUT2D eigenvalue weighted by Crippen LogP contribution is 2.29. The number of anilines is 1. The van der Waals surface area contributed by atoms with Gasteiger partial charge in [-0.1, -0.05) is 51.9 Å². The molecule has 2 rings (SSSR count). The van der Waals surface area contributed by atoms with E-state index in [0.29, 0.717) is 23.8 Å². The Hall–Kier alpha value is -2.48. The Balaban J connectivity index is 2.08. The van der Waals surface area contributed by atoms with E-state index in [1.807, 2.05) is 0 Å². The van der Waals surface area contributed by atoms with Crippen molar-refractivity contribution in [3.05, 3.63) is 30.7 Å².